The summed E-state index contributed by atoms with van der Waals surface area (Å²) in [5.41, 5.74) is 1.41. The predicted octanol–water partition coefficient (Wildman–Crippen LogP) is 3.51. The number of hydrogen-bond acceptors (Lipinski definition) is 3. The molecule has 0 saturated carbocycles. The van der Waals surface area contributed by atoms with Crippen LogP contribution >= 0.6 is 11.8 Å². The van der Waals surface area contributed by atoms with Crippen molar-refractivity contribution >= 4 is 35.0 Å². The first-order valence-corrected chi connectivity index (χ1v) is 7.59. The fourth-order valence-corrected chi connectivity index (χ4v) is 3.05. The fraction of sp³-hybridized carbons (Fsp3) is 0.125. The van der Waals surface area contributed by atoms with Gasteiger partial charge in [-0.2, -0.15) is 0 Å². The molecule has 2 amide bonds. The number of halogens is 1. The third-order valence-electron chi connectivity index (χ3n) is 3.26. The van der Waals surface area contributed by atoms with Gasteiger partial charge < -0.3 is 10.6 Å². The van der Waals surface area contributed by atoms with Gasteiger partial charge in [0.15, 0.2) is 0 Å². The lowest BCUT2D eigenvalue weighted by Crippen LogP contribution is -2.26. The summed E-state index contributed by atoms with van der Waals surface area (Å²) in [6, 6.07) is 10.8. The van der Waals surface area contributed by atoms with E-state index >= 15 is 0 Å². The Bertz CT molecular complexity index is 764. The molecule has 0 saturated heterocycles. The second-order valence-corrected chi connectivity index (χ2v) is 6.31. The van der Waals surface area contributed by atoms with Crippen LogP contribution in [0, 0.1) is 5.82 Å². The molecule has 3 rings (SSSR count). The third kappa shape index (κ3) is 2.96. The SMILES string of the molecule is CC1Sc2ccc(C(=O)Nc3cccc(F)c3)cc2NC1=O. The highest BCUT2D eigenvalue weighted by atomic mass is 32.2. The Kier molecular flexibility index (Phi) is 3.85. The van der Waals surface area contributed by atoms with E-state index in [4.69, 9.17) is 0 Å². The number of hydrogen-bond donors (Lipinski definition) is 2. The summed E-state index contributed by atoms with van der Waals surface area (Å²) in [6.45, 7) is 1.83. The summed E-state index contributed by atoms with van der Waals surface area (Å²) >= 11 is 1.45. The second-order valence-electron chi connectivity index (χ2n) is 4.92. The molecule has 1 aliphatic heterocycles. The summed E-state index contributed by atoms with van der Waals surface area (Å²) in [6.07, 6.45) is 0. The van der Waals surface area contributed by atoms with Crippen LogP contribution in [0.4, 0.5) is 15.8 Å². The Labute approximate surface area is 131 Å². The summed E-state index contributed by atoms with van der Waals surface area (Å²) in [4.78, 5) is 24.8. The number of amides is 2. The lowest BCUT2D eigenvalue weighted by molar-refractivity contribution is -0.115. The molecule has 1 atom stereocenters. The summed E-state index contributed by atoms with van der Waals surface area (Å²) < 4.78 is 13.1. The van der Waals surface area contributed by atoms with Crippen LogP contribution in [-0.4, -0.2) is 17.1 Å². The number of rotatable bonds is 2. The van der Waals surface area contributed by atoms with Crippen LogP contribution in [0.25, 0.3) is 0 Å². The van der Waals surface area contributed by atoms with Gasteiger partial charge in [-0.15, -0.1) is 11.8 Å². The normalized spacial score (nSPS) is 16.6. The monoisotopic (exact) mass is 316 g/mol. The third-order valence-corrected chi connectivity index (χ3v) is 4.43. The molecule has 2 aromatic rings. The number of fused-ring (bicyclic) bond motifs is 1. The number of anilines is 2. The van der Waals surface area contributed by atoms with Gasteiger partial charge in [0.05, 0.1) is 10.9 Å². The van der Waals surface area contributed by atoms with E-state index in [-0.39, 0.29) is 17.1 Å². The number of carbonyl (C=O) groups is 2. The molecule has 0 aromatic heterocycles. The Morgan fingerprint density at radius 3 is 2.86 bits per heavy atom. The molecule has 1 heterocycles. The van der Waals surface area contributed by atoms with Gasteiger partial charge in [-0.05, 0) is 43.3 Å². The number of nitrogens with one attached hydrogen (secondary N) is 2. The van der Waals surface area contributed by atoms with Gasteiger partial charge >= 0.3 is 0 Å². The van der Waals surface area contributed by atoms with E-state index < -0.39 is 5.82 Å². The summed E-state index contributed by atoms with van der Waals surface area (Å²) in [5, 5.41) is 5.25. The molecule has 1 aliphatic rings. The van der Waals surface area contributed by atoms with Crippen molar-refractivity contribution < 1.29 is 14.0 Å². The zero-order valence-corrected chi connectivity index (χ0v) is 12.5. The average Bonchev–Trinajstić information content (AvgIpc) is 2.48. The van der Waals surface area contributed by atoms with Gasteiger partial charge in [-0.3, -0.25) is 9.59 Å². The van der Waals surface area contributed by atoms with E-state index in [0.29, 0.717) is 16.9 Å². The van der Waals surface area contributed by atoms with Crippen LogP contribution in [0.5, 0.6) is 0 Å². The molecule has 22 heavy (non-hydrogen) atoms. The molecule has 0 fully saturated rings. The van der Waals surface area contributed by atoms with Crippen molar-refractivity contribution in [2.45, 2.75) is 17.1 Å². The molecule has 6 heteroatoms. The molecular weight excluding hydrogens is 303 g/mol. The molecule has 0 radical (unpaired) electrons. The summed E-state index contributed by atoms with van der Waals surface area (Å²) in [7, 11) is 0. The maximum absolute atomic E-state index is 13.1. The van der Waals surface area contributed by atoms with Crippen molar-refractivity contribution in [3.05, 3.63) is 53.8 Å². The van der Waals surface area contributed by atoms with Gasteiger partial charge in [0.1, 0.15) is 5.82 Å². The lowest BCUT2D eigenvalue weighted by Gasteiger charge is -2.21. The topological polar surface area (TPSA) is 58.2 Å². The minimum atomic E-state index is -0.416. The molecule has 0 bridgehead atoms. The highest BCUT2D eigenvalue weighted by molar-refractivity contribution is 8.00. The van der Waals surface area contributed by atoms with Crippen molar-refractivity contribution in [2.75, 3.05) is 10.6 Å². The maximum Gasteiger partial charge on any atom is 0.255 e. The van der Waals surface area contributed by atoms with Crippen LogP contribution in [0.15, 0.2) is 47.4 Å². The number of carbonyl (C=O) groups excluding carboxylic acids is 2. The van der Waals surface area contributed by atoms with Gasteiger partial charge in [0.2, 0.25) is 5.91 Å². The van der Waals surface area contributed by atoms with E-state index in [1.807, 2.05) is 6.92 Å². The zero-order chi connectivity index (χ0) is 15.7. The highest BCUT2D eigenvalue weighted by Gasteiger charge is 2.23. The molecule has 0 aliphatic carbocycles. The van der Waals surface area contributed by atoms with Crippen molar-refractivity contribution in [2.24, 2.45) is 0 Å². The standard InChI is InChI=1S/C16H13FN2O2S/c1-9-15(20)19-13-7-10(5-6-14(13)22-9)16(21)18-12-4-2-3-11(17)8-12/h2-9H,1H3,(H,18,21)(H,19,20). The number of thioether (sulfide) groups is 1. The Balaban J connectivity index is 1.82. The first kappa shape index (κ1) is 14.6. The lowest BCUT2D eigenvalue weighted by atomic mass is 10.1. The quantitative estimate of drug-likeness (QED) is 0.891. The molecule has 2 N–H and O–H groups in total. The van der Waals surface area contributed by atoms with Crippen LogP contribution < -0.4 is 10.6 Å². The van der Waals surface area contributed by atoms with Crippen LogP contribution in [-0.2, 0) is 4.79 Å². The van der Waals surface area contributed by atoms with Crippen LogP contribution in [0.1, 0.15) is 17.3 Å². The minimum Gasteiger partial charge on any atom is -0.324 e. The van der Waals surface area contributed by atoms with Crippen LogP contribution in [0.3, 0.4) is 0 Å². The van der Waals surface area contributed by atoms with Crippen molar-refractivity contribution in [1.82, 2.24) is 0 Å². The molecule has 2 aromatic carbocycles. The van der Waals surface area contributed by atoms with E-state index in [1.54, 1.807) is 24.3 Å². The Morgan fingerprint density at radius 2 is 2.09 bits per heavy atom. The van der Waals surface area contributed by atoms with Gasteiger partial charge in [0, 0.05) is 16.1 Å². The molecular formula is C16H13FN2O2S. The highest BCUT2D eigenvalue weighted by Crippen LogP contribution is 2.36. The van der Waals surface area contributed by atoms with Crippen molar-refractivity contribution in [3.63, 3.8) is 0 Å². The van der Waals surface area contributed by atoms with Crippen molar-refractivity contribution in [3.8, 4) is 0 Å². The maximum atomic E-state index is 13.1. The largest absolute Gasteiger partial charge is 0.324 e. The minimum absolute atomic E-state index is 0.0832. The average molecular weight is 316 g/mol. The smallest absolute Gasteiger partial charge is 0.255 e. The van der Waals surface area contributed by atoms with E-state index in [2.05, 4.69) is 10.6 Å². The zero-order valence-electron chi connectivity index (χ0n) is 11.7. The molecule has 1 unspecified atom stereocenters. The Hall–Kier alpha value is -2.34. The molecule has 112 valence electrons. The Morgan fingerprint density at radius 1 is 1.27 bits per heavy atom. The molecule has 0 spiro atoms. The van der Waals surface area contributed by atoms with E-state index in [9.17, 15) is 14.0 Å². The fourth-order valence-electron chi connectivity index (χ4n) is 2.12. The second kappa shape index (κ2) is 5.81. The van der Waals surface area contributed by atoms with E-state index in [1.165, 1.54) is 30.0 Å². The van der Waals surface area contributed by atoms with Crippen molar-refractivity contribution in [1.29, 1.82) is 0 Å². The molecule has 4 nitrogen and oxygen atoms in total. The summed E-state index contributed by atoms with van der Waals surface area (Å²) in [5.74, 6) is -0.854. The van der Waals surface area contributed by atoms with Gasteiger partial charge in [-0.25, -0.2) is 4.39 Å². The predicted molar refractivity (Wildman–Crippen MR) is 84.7 cm³/mol. The van der Waals surface area contributed by atoms with Crippen LogP contribution in [0.2, 0.25) is 0 Å². The van der Waals surface area contributed by atoms with E-state index in [0.717, 1.165) is 4.90 Å². The van der Waals surface area contributed by atoms with Gasteiger partial charge in [0.25, 0.3) is 5.91 Å². The van der Waals surface area contributed by atoms with Gasteiger partial charge in [-0.1, -0.05) is 6.07 Å². The first-order valence-electron chi connectivity index (χ1n) is 6.71. The number of benzene rings is 2. The first-order chi connectivity index (χ1) is 10.5.